The molecule has 2 aromatic rings. The number of amides is 1. The summed E-state index contributed by atoms with van der Waals surface area (Å²) in [6.07, 6.45) is 4.17. The molecule has 0 bridgehead atoms. The molecule has 0 aliphatic rings. The summed E-state index contributed by atoms with van der Waals surface area (Å²) in [5.41, 5.74) is 0.919. The Labute approximate surface area is 107 Å². The van der Waals surface area contributed by atoms with Crippen molar-refractivity contribution >= 4 is 5.91 Å². The number of nitrogens with zero attached hydrogens (tertiary/aromatic N) is 2. The Morgan fingerprint density at radius 1 is 1.37 bits per heavy atom. The Bertz CT molecular complexity index is 725. The Morgan fingerprint density at radius 3 is 2.79 bits per heavy atom. The molecule has 100 valence electrons. The van der Waals surface area contributed by atoms with Crippen LogP contribution in [0, 0.1) is 0 Å². The molecule has 2 aromatic heterocycles. The molecule has 3 N–H and O–H groups in total. The summed E-state index contributed by atoms with van der Waals surface area (Å²) >= 11 is 0. The molecule has 1 amide bonds. The standard InChI is InChI=1S/C11H12N4O4/c1-14-2-3-15(11(18)10(14)17)5-8-4-7(6-19-8)9(16)13-12/h2-4,6H,5,12H2,1H3,(H,13,16). The molecular formula is C11H12N4O4. The first-order valence-electron chi connectivity index (χ1n) is 5.37. The van der Waals surface area contributed by atoms with Crippen LogP contribution in [-0.2, 0) is 13.6 Å². The number of hydrazine groups is 1. The first-order valence-corrected chi connectivity index (χ1v) is 5.37. The van der Waals surface area contributed by atoms with Crippen molar-refractivity contribution in [3.63, 3.8) is 0 Å². The summed E-state index contributed by atoms with van der Waals surface area (Å²) in [4.78, 5) is 34.4. The van der Waals surface area contributed by atoms with E-state index in [4.69, 9.17) is 10.3 Å². The van der Waals surface area contributed by atoms with E-state index < -0.39 is 17.0 Å². The van der Waals surface area contributed by atoms with Gasteiger partial charge in [-0.2, -0.15) is 0 Å². The van der Waals surface area contributed by atoms with Crippen LogP contribution in [0.4, 0.5) is 0 Å². The molecule has 0 aromatic carbocycles. The van der Waals surface area contributed by atoms with Crippen LogP contribution in [0.25, 0.3) is 0 Å². The van der Waals surface area contributed by atoms with Crippen molar-refractivity contribution in [1.82, 2.24) is 14.6 Å². The van der Waals surface area contributed by atoms with E-state index in [9.17, 15) is 14.4 Å². The Morgan fingerprint density at radius 2 is 2.11 bits per heavy atom. The van der Waals surface area contributed by atoms with Crippen LogP contribution in [0.5, 0.6) is 0 Å². The number of rotatable bonds is 3. The molecule has 2 rings (SSSR count). The molecule has 0 atom stereocenters. The molecule has 0 spiro atoms. The third-order valence-electron chi connectivity index (χ3n) is 2.61. The van der Waals surface area contributed by atoms with E-state index in [0.717, 1.165) is 0 Å². The fourth-order valence-electron chi connectivity index (χ4n) is 1.55. The minimum absolute atomic E-state index is 0.0623. The highest BCUT2D eigenvalue weighted by molar-refractivity contribution is 5.93. The second kappa shape index (κ2) is 4.94. The smallest absolute Gasteiger partial charge is 0.316 e. The van der Waals surface area contributed by atoms with E-state index in [1.165, 1.54) is 40.9 Å². The maximum absolute atomic E-state index is 11.7. The van der Waals surface area contributed by atoms with E-state index in [1.807, 2.05) is 5.43 Å². The van der Waals surface area contributed by atoms with Crippen molar-refractivity contribution in [3.8, 4) is 0 Å². The highest BCUT2D eigenvalue weighted by Gasteiger charge is 2.10. The van der Waals surface area contributed by atoms with Gasteiger partial charge in [0, 0.05) is 19.4 Å². The molecule has 0 saturated heterocycles. The number of carbonyl (C=O) groups excluding carboxylic acids is 1. The number of furan rings is 1. The lowest BCUT2D eigenvalue weighted by Gasteiger charge is -2.03. The topological polar surface area (TPSA) is 112 Å². The first-order chi connectivity index (χ1) is 9.02. The molecule has 8 heteroatoms. The van der Waals surface area contributed by atoms with Gasteiger partial charge in [0.1, 0.15) is 12.0 Å². The highest BCUT2D eigenvalue weighted by atomic mass is 16.3. The first kappa shape index (κ1) is 12.8. The second-order valence-electron chi connectivity index (χ2n) is 3.92. The predicted octanol–water partition coefficient (Wildman–Crippen LogP) is -1.21. The van der Waals surface area contributed by atoms with Gasteiger partial charge in [-0.3, -0.25) is 19.8 Å². The molecule has 2 heterocycles. The number of nitrogen functional groups attached to an aromatic ring is 1. The summed E-state index contributed by atoms with van der Waals surface area (Å²) in [6.45, 7) is 0.0623. The van der Waals surface area contributed by atoms with Gasteiger partial charge in [-0.05, 0) is 6.07 Å². The van der Waals surface area contributed by atoms with Crippen molar-refractivity contribution in [2.75, 3.05) is 0 Å². The molecule has 0 unspecified atom stereocenters. The Kier molecular flexibility index (Phi) is 3.34. The lowest BCUT2D eigenvalue weighted by molar-refractivity contribution is 0.0953. The zero-order valence-electron chi connectivity index (χ0n) is 10.1. The van der Waals surface area contributed by atoms with Crippen LogP contribution in [0.1, 0.15) is 16.1 Å². The van der Waals surface area contributed by atoms with E-state index in [1.54, 1.807) is 0 Å². The zero-order chi connectivity index (χ0) is 14.0. The van der Waals surface area contributed by atoms with E-state index in [2.05, 4.69) is 0 Å². The van der Waals surface area contributed by atoms with Crippen LogP contribution in [0.3, 0.4) is 0 Å². The third kappa shape index (κ3) is 2.47. The monoisotopic (exact) mass is 264 g/mol. The van der Waals surface area contributed by atoms with Gasteiger partial charge in [0.15, 0.2) is 0 Å². The van der Waals surface area contributed by atoms with E-state index in [0.29, 0.717) is 5.76 Å². The Hall–Kier alpha value is -2.61. The van der Waals surface area contributed by atoms with Gasteiger partial charge in [0.05, 0.1) is 12.1 Å². The predicted molar refractivity (Wildman–Crippen MR) is 65.4 cm³/mol. The molecular weight excluding hydrogens is 252 g/mol. The van der Waals surface area contributed by atoms with E-state index in [-0.39, 0.29) is 12.1 Å². The number of aryl methyl sites for hydroxylation is 1. The second-order valence-corrected chi connectivity index (χ2v) is 3.92. The molecule has 0 radical (unpaired) electrons. The highest BCUT2D eigenvalue weighted by Crippen LogP contribution is 2.08. The summed E-state index contributed by atoms with van der Waals surface area (Å²) in [7, 11) is 1.49. The van der Waals surface area contributed by atoms with Crippen molar-refractivity contribution < 1.29 is 9.21 Å². The van der Waals surface area contributed by atoms with Gasteiger partial charge >= 0.3 is 11.1 Å². The number of aromatic nitrogens is 2. The number of nitrogens with two attached hydrogens (primary N) is 1. The maximum atomic E-state index is 11.7. The molecule has 0 aliphatic carbocycles. The minimum atomic E-state index is -0.661. The fourth-order valence-corrected chi connectivity index (χ4v) is 1.55. The lowest BCUT2D eigenvalue weighted by atomic mass is 10.3. The van der Waals surface area contributed by atoms with Gasteiger partial charge in [-0.1, -0.05) is 0 Å². The van der Waals surface area contributed by atoms with Crippen LogP contribution < -0.4 is 22.4 Å². The summed E-state index contributed by atoms with van der Waals surface area (Å²) in [5, 5.41) is 0. The summed E-state index contributed by atoms with van der Waals surface area (Å²) in [5.74, 6) is 4.86. The summed E-state index contributed by atoms with van der Waals surface area (Å²) in [6, 6.07) is 1.45. The number of hydrogen-bond acceptors (Lipinski definition) is 5. The van der Waals surface area contributed by atoms with Gasteiger partial charge in [-0.25, -0.2) is 5.84 Å². The normalized spacial score (nSPS) is 10.4. The minimum Gasteiger partial charge on any atom is -0.467 e. The average molecular weight is 264 g/mol. The largest absolute Gasteiger partial charge is 0.467 e. The maximum Gasteiger partial charge on any atom is 0.316 e. The number of hydrogen-bond donors (Lipinski definition) is 2. The van der Waals surface area contributed by atoms with Crippen LogP contribution in [0.15, 0.2) is 38.7 Å². The van der Waals surface area contributed by atoms with E-state index >= 15 is 0 Å². The Balaban J connectivity index is 2.30. The fraction of sp³-hybridized carbons (Fsp3) is 0.182. The molecule has 0 saturated carbocycles. The quantitative estimate of drug-likeness (QED) is 0.313. The summed E-state index contributed by atoms with van der Waals surface area (Å²) < 4.78 is 7.52. The molecule has 19 heavy (non-hydrogen) atoms. The molecule has 0 aliphatic heterocycles. The lowest BCUT2D eigenvalue weighted by Crippen LogP contribution is -2.39. The van der Waals surface area contributed by atoms with Crippen LogP contribution in [0.2, 0.25) is 0 Å². The van der Waals surface area contributed by atoms with Gasteiger partial charge < -0.3 is 13.6 Å². The average Bonchev–Trinajstić information content (AvgIpc) is 2.87. The number of carbonyl (C=O) groups is 1. The van der Waals surface area contributed by atoms with Gasteiger partial charge in [0.2, 0.25) is 0 Å². The zero-order valence-corrected chi connectivity index (χ0v) is 10.1. The van der Waals surface area contributed by atoms with Crippen molar-refractivity contribution in [1.29, 1.82) is 0 Å². The third-order valence-corrected chi connectivity index (χ3v) is 2.61. The van der Waals surface area contributed by atoms with Crippen molar-refractivity contribution in [3.05, 3.63) is 56.8 Å². The molecule has 0 fully saturated rings. The van der Waals surface area contributed by atoms with Crippen molar-refractivity contribution in [2.45, 2.75) is 6.54 Å². The van der Waals surface area contributed by atoms with Crippen LogP contribution in [-0.4, -0.2) is 15.0 Å². The van der Waals surface area contributed by atoms with Gasteiger partial charge in [0.25, 0.3) is 5.91 Å². The van der Waals surface area contributed by atoms with Crippen molar-refractivity contribution in [2.24, 2.45) is 12.9 Å². The molecule has 8 nitrogen and oxygen atoms in total. The SMILES string of the molecule is Cn1ccn(Cc2cc(C(=O)NN)co2)c(=O)c1=O. The van der Waals surface area contributed by atoms with Gasteiger partial charge in [-0.15, -0.1) is 0 Å². The van der Waals surface area contributed by atoms with Crippen LogP contribution >= 0.6 is 0 Å². The number of nitrogens with one attached hydrogen (secondary N) is 1.